The molecule has 0 unspecified atom stereocenters. The number of amides is 1. The van der Waals surface area contributed by atoms with Crippen LogP contribution in [0.4, 0.5) is 11.5 Å². The lowest BCUT2D eigenvalue weighted by atomic mass is 10.00. The highest BCUT2D eigenvalue weighted by atomic mass is 16.2. The molecule has 1 aromatic heterocycles. The Morgan fingerprint density at radius 2 is 1.90 bits per heavy atom. The number of fused-ring (bicyclic) bond motifs is 1. The van der Waals surface area contributed by atoms with Crippen LogP contribution in [-0.2, 0) is 11.3 Å². The molecule has 156 valence electrons. The van der Waals surface area contributed by atoms with E-state index in [2.05, 4.69) is 22.2 Å². The number of piperidine rings is 1. The third-order valence-electron chi connectivity index (χ3n) is 5.89. The Hall–Kier alpha value is -3.15. The number of nitrogens with zero attached hydrogens (tertiary/aromatic N) is 3. The van der Waals surface area contributed by atoms with E-state index in [1.165, 1.54) is 16.7 Å². The van der Waals surface area contributed by atoms with Gasteiger partial charge in [-0.3, -0.25) is 9.59 Å². The van der Waals surface area contributed by atoms with Gasteiger partial charge < -0.3 is 10.2 Å². The van der Waals surface area contributed by atoms with Gasteiger partial charge in [-0.05, 0) is 61.9 Å². The Morgan fingerprint density at radius 3 is 2.63 bits per heavy atom. The summed E-state index contributed by atoms with van der Waals surface area (Å²) in [6, 6.07) is 13.3. The van der Waals surface area contributed by atoms with Gasteiger partial charge in [0, 0.05) is 24.2 Å². The Kier molecular flexibility index (Phi) is 5.57. The fourth-order valence-electron chi connectivity index (χ4n) is 4.10. The SMILES string of the molecule is Cc1ccc(NC(=O)Cn2nc(N3CCC[C@H](C)C3)c3ccccc3c2=O)cc1C. The molecule has 6 heteroatoms. The molecule has 6 nitrogen and oxygen atoms in total. The average molecular weight is 405 g/mol. The van der Waals surface area contributed by atoms with Gasteiger partial charge >= 0.3 is 0 Å². The molecule has 0 bridgehead atoms. The number of carbonyl (C=O) groups is 1. The Labute approximate surface area is 176 Å². The van der Waals surface area contributed by atoms with Crippen LogP contribution in [0, 0.1) is 19.8 Å². The van der Waals surface area contributed by atoms with Crippen LogP contribution in [0.3, 0.4) is 0 Å². The van der Waals surface area contributed by atoms with E-state index < -0.39 is 0 Å². The van der Waals surface area contributed by atoms with Gasteiger partial charge in [-0.2, -0.15) is 5.10 Å². The second-order valence-corrected chi connectivity index (χ2v) is 8.37. The van der Waals surface area contributed by atoms with Gasteiger partial charge in [0.15, 0.2) is 5.82 Å². The lowest BCUT2D eigenvalue weighted by molar-refractivity contribution is -0.117. The number of aryl methyl sites for hydroxylation is 2. The maximum atomic E-state index is 13.0. The van der Waals surface area contributed by atoms with Crippen LogP contribution in [0.1, 0.15) is 30.9 Å². The van der Waals surface area contributed by atoms with E-state index in [9.17, 15) is 9.59 Å². The standard InChI is InChI=1S/C24H28N4O2/c1-16-7-6-12-27(14-16)23-20-8-4-5-9-21(20)24(30)28(26-23)15-22(29)25-19-11-10-17(2)18(3)13-19/h4-5,8-11,13,16H,6-7,12,14-15H2,1-3H3,(H,25,29)/t16-/m0/s1. The molecular weight excluding hydrogens is 376 g/mol. The molecule has 1 atom stereocenters. The molecule has 0 saturated carbocycles. The number of nitrogens with one attached hydrogen (secondary N) is 1. The first-order chi connectivity index (χ1) is 14.4. The van der Waals surface area contributed by atoms with Gasteiger partial charge in [-0.1, -0.05) is 31.2 Å². The van der Waals surface area contributed by atoms with Crippen molar-refractivity contribution in [3.05, 3.63) is 63.9 Å². The second kappa shape index (κ2) is 8.30. The minimum atomic E-state index is -0.263. The molecule has 30 heavy (non-hydrogen) atoms. The molecule has 4 rings (SSSR count). The first-order valence-electron chi connectivity index (χ1n) is 10.5. The first-order valence-corrected chi connectivity index (χ1v) is 10.5. The fourth-order valence-corrected chi connectivity index (χ4v) is 4.10. The Morgan fingerprint density at radius 1 is 1.13 bits per heavy atom. The molecular formula is C24H28N4O2. The minimum absolute atomic E-state index is 0.118. The van der Waals surface area contributed by atoms with Crippen molar-refractivity contribution in [3.63, 3.8) is 0 Å². The van der Waals surface area contributed by atoms with Gasteiger partial charge in [0.25, 0.3) is 5.56 Å². The van der Waals surface area contributed by atoms with E-state index in [-0.39, 0.29) is 18.0 Å². The van der Waals surface area contributed by atoms with Gasteiger partial charge in [0.2, 0.25) is 5.91 Å². The highest BCUT2D eigenvalue weighted by Crippen LogP contribution is 2.26. The molecule has 0 radical (unpaired) electrons. The average Bonchev–Trinajstić information content (AvgIpc) is 2.73. The summed E-state index contributed by atoms with van der Waals surface area (Å²) in [6.45, 7) is 7.97. The van der Waals surface area contributed by atoms with Crippen molar-refractivity contribution in [2.24, 2.45) is 5.92 Å². The molecule has 1 N–H and O–H groups in total. The summed E-state index contributed by atoms with van der Waals surface area (Å²) in [4.78, 5) is 27.9. The van der Waals surface area contributed by atoms with Gasteiger partial charge in [0.1, 0.15) is 6.54 Å². The highest BCUT2D eigenvalue weighted by molar-refractivity contribution is 5.93. The third kappa shape index (κ3) is 4.08. The predicted octanol–water partition coefficient (Wildman–Crippen LogP) is 3.89. The smallest absolute Gasteiger partial charge is 0.275 e. The van der Waals surface area contributed by atoms with Crippen LogP contribution in [0.25, 0.3) is 10.8 Å². The van der Waals surface area contributed by atoms with Crippen molar-refractivity contribution in [3.8, 4) is 0 Å². The molecule has 1 fully saturated rings. The van der Waals surface area contributed by atoms with E-state index in [4.69, 9.17) is 0 Å². The van der Waals surface area contributed by atoms with Crippen LogP contribution in [0.5, 0.6) is 0 Å². The maximum absolute atomic E-state index is 13.0. The number of aromatic nitrogens is 2. The fraction of sp³-hybridized carbons (Fsp3) is 0.375. The zero-order valence-corrected chi connectivity index (χ0v) is 17.8. The summed E-state index contributed by atoms with van der Waals surface area (Å²) < 4.78 is 1.30. The van der Waals surface area contributed by atoms with Crippen LogP contribution >= 0.6 is 0 Å². The van der Waals surface area contributed by atoms with Crippen molar-refractivity contribution < 1.29 is 4.79 Å². The first kappa shape index (κ1) is 20.1. The Balaban J connectivity index is 1.66. The molecule has 1 aliphatic heterocycles. The number of benzene rings is 2. The zero-order chi connectivity index (χ0) is 21.3. The monoisotopic (exact) mass is 404 g/mol. The highest BCUT2D eigenvalue weighted by Gasteiger charge is 2.22. The van der Waals surface area contributed by atoms with Crippen molar-refractivity contribution in [1.82, 2.24) is 9.78 Å². The van der Waals surface area contributed by atoms with Crippen LogP contribution in [0.15, 0.2) is 47.3 Å². The number of anilines is 2. The van der Waals surface area contributed by atoms with Crippen molar-refractivity contribution in [2.75, 3.05) is 23.3 Å². The van der Waals surface area contributed by atoms with Crippen molar-refractivity contribution >= 4 is 28.2 Å². The second-order valence-electron chi connectivity index (χ2n) is 8.37. The van der Waals surface area contributed by atoms with Gasteiger partial charge in [0.05, 0.1) is 5.39 Å². The van der Waals surface area contributed by atoms with Gasteiger partial charge in [-0.25, -0.2) is 4.68 Å². The quantitative estimate of drug-likeness (QED) is 0.716. The largest absolute Gasteiger partial charge is 0.354 e. The number of carbonyl (C=O) groups excluding carboxylic acids is 1. The summed E-state index contributed by atoms with van der Waals surface area (Å²) in [5.41, 5.74) is 2.76. The summed E-state index contributed by atoms with van der Waals surface area (Å²) in [7, 11) is 0. The van der Waals surface area contributed by atoms with E-state index in [1.54, 1.807) is 0 Å². The minimum Gasteiger partial charge on any atom is -0.354 e. The van der Waals surface area contributed by atoms with E-state index in [1.807, 2.05) is 56.3 Å². The molecule has 1 amide bonds. The molecule has 0 aliphatic carbocycles. The van der Waals surface area contributed by atoms with E-state index in [0.29, 0.717) is 11.3 Å². The summed E-state index contributed by atoms with van der Waals surface area (Å²) in [5.74, 6) is 1.10. The normalized spacial score (nSPS) is 16.6. The molecule has 1 aliphatic rings. The van der Waals surface area contributed by atoms with E-state index >= 15 is 0 Å². The van der Waals surface area contributed by atoms with Gasteiger partial charge in [-0.15, -0.1) is 0 Å². The summed E-state index contributed by atoms with van der Waals surface area (Å²) in [6.07, 6.45) is 2.30. The van der Waals surface area contributed by atoms with Crippen LogP contribution in [-0.4, -0.2) is 28.8 Å². The molecule has 0 spiro atoms. The number of hydrogen-bond acceptors (Lipinski definition) is 4. The zero-order valence-electron chi connectivity index (χ0n) is 17.8. The van der Waals surface area contributed by atoms with Crippen molar-refractivity contribution in [1.29, 1.82) is 0 Å². The summed E-state index contributed by atoms with van der Waals surface area (Å²) >= 11 is 0. The predicted molar refractivity (Wildman–Crippen MR) is 121 cm³/mol. The number of hydrogen-bond donors (Lipinski definition) is 1. The number of rotatable bonds is 4. The van der Waals surface area contributed by atoms with Crippen molar-refractivity contribution in [2.45, 2.75) is 40.2 Å². The molecule has 2 aromatic carbocycles. The van der Waals surface area contributed by atoms with Crippen LogP contribution < -0.4 is 15.8 Å². The van der Waals surface area contributed by atoms with E-state index in [0.717, 1.165) is 42.0 Å². The lowest BCUT2D eigenvalue weighted by Crippen LogP contribution is -2.38. The maximum Gasteiger partial charge on any atom is 0.275 e. The summed E-state index contributed by atoms with van der Waals surface area (Å²) in [5, 5.41) is 8.98. The third-order valence-corrected chi connectivity index (χ3v) is 5.89. The topological polar surface area (TPSA) is 67.2 Å². The van der Waals surface area contributed by atoms with Crippen LogP contribution in [0.2, 0.25) is 0 Å². The molecule has 1 saturated heterocycles. The lowest BCUT2D eigenvalue weighted by Gasteiger charge is -2.32. The molecule has 3 aromatic rings. The Bertz CT molecular complexity index is 1150. The molecule has 2 heterocycles.